The van der Waals surface area contributed by atoms with Gasteiger partial charge < -0.3 is 16.0 Å². The molecule has 1 aromatic rings. The molecule has 1 amide bonds. The van der Waals surface area contributed by atoms with Gasteiger partial charge in [0.2, 0.25) is 5.91 Å². The zero-order valence-corrected chi connectivity index (χ0v) is 14.5. The van der Waals surface area contributed by atoms with E-state index in [4.69, 9.17) is 11.1 Å². The van der Waals surface area contributed by atoms with Gasteiger partial charge in [-0.25, -0.2) is 0 Å². The molecule has 1 saturated heterocycles. The van der Waals surface area contributed by atoms with E-state index in [9.17, 15) is 4.79 Å². The van der Waals surface area contributed by atoms with Gasteiger partial charge in [0.05, 0.1) is 12.1 Å². The largest absolute Gasteiger partial charge is 0.384 e. The normalized spacial score (nSPS) is 22.2. The second-order valence-electron chi connectivity index (χ2n) is 7.20. The summed E-state index contributed by atoms with van der Waals surface area (Å²) >= 11 is 0. The quantitative estimate of drug-likeness (QED) is 0.585. The number of carbonyl (C=O) groups excluding carboxylic acids is 1. The highest BCUT2D eigenvalue weighted by Gasteiger charge is 2.44. The van der Waals surface area contributed by atoms with E-state index in [2.05, 4.69) is 29.3 Å². The Labute approximate surface area is 144 Å². The predicted molar refractivity (Wildman–Crippen MR) is 96.0 cm³/mol. The molecular weight excluding hydrogens is 300 g/mol. The number of hydrogen-bond donors (Lipinski definition) is 3. The molecule has 1 aliphatic carbocycles. The van der Waals surface area contributed by atoms with Gasteiger partial charge in [0.1, 0.15) is 5.84 Å². The van der Waals surface area contributed by atoms with Crippen molar-refractivity contribution < 1.29 is 4.79 Å². The van der Waals surface area contributed by atoms with Crippen molar-refractivity contribution in [1.29, 1.82) is 5.41 Å². The summed E-state index contributed by atoms with van der Waals surface area (Å²) in [7, 11) is 0. The summed E-state index contributed by atoms with van der Waals surface area (Å²) in [5, 5.41) is 10.8. The Hall–Kier alpha value is -1.88. The van der Waals surface area contributed by atoms with Gasteiger partial charge in [-0.1, -0.05) is 43.5 Å². The van der Waals surface area contributed by atoms with Crippen LogP contribution in [0.1, 0.15) is 50.2 Å². The van der Waals surface area contributed by atoms with Crippen molar-refractivity contribution >= 4 is 11.7 Å². The van der Waals surface area contributed by atoms with E-state index in [0.717, 1.165) is 24.2 Å². The number of hydrogen-bond acceptors (Lipinski definition) is 3. The third-order valence-electron chi connectivity index (χ3n) is 5.83. The van der Waals surface area contributed by atoms with Crippen LogP contribution in [0.4, 0.5) is 0 Å². The summed E-state index contributed by atoms with van der Waals surface area (Å²) in [6.45, 7) is 4.25. The number of amidine groups is 1. The average Bonchev–Trinajstić information content (AvgIpc) is 2.62. The minimum atomic E-state index is -0.283. The lowest BCUT2D eigenvalue weighted by Crippen LogP contribution is -2.59. The number of nitrogens with two attached hydrogens (primary N) is 1. The number of amides is 1. The molecule has 0 aromatic heterocycles. The molecule has 24 heavy (non-hydrogen) atoms. The topological polar surface area (TPSA) is 82.2 Å². The summed E-state index contributed by atoms with van der Waals surface area (Å²) in [6.07, 6.45) is 6.12. The Kier molecular flexibility index (Phi) is 4.90. The molecule has 130 valence electrons. The smallest absolute Gasteiger partial charge is 0.237 e. The Morgan fingerprint density at radius 2 is 1.92 bits per heavy atom. The highest BCUT2D eigenvalue weighted by Crippen LogP contribution is 2.43. The molecule has 4 N–H and O–H groups in total. The fraction of sp³-hybridized carbons (Fsp3) is 0.579. The highest BCUT2D eigenvalue weighted by molar-refractivity contribution is 5.94. The molecule has 1 saturated carbocycles. The molecule has 3 rings (SSSR count). The number of nitrogens with one attached hydrogen (secondary N) is 2. The van der Waals surface area contributed by atoms with Crippen LogP contribution in [0.25, 0.3) is 0 Å². The molecule has 1 atom stereocenters. The Morgan fingerprint density at radius 1 is 1.25 bits per heavy atom. The molecule has 5 heteroatoms. The zero-order valence-electron chi connectivity index (χ0n) is 14.5. The fourth-order valence-corrected chi connectivity index (χ4v) is 4.36. The van der Waals surface area contributed by atoms with E-state index in [1.807, 2.05) is 12.1 Å². The van der Waals surface area contributed by atoms with Crippen LogP contribution >= 0.6 is 0 Å². The SMILES string of the molecule is CC(c1ccc(C(=N)N)cc1)(C1CCCCC1)N1CCNCC1=O. The van der Waals surface area contributed by atoms with Crippen molar-refractivity contribution in [3.63, 3.8) is 0 Å². The fourth-order valence-electron chi connectivity index (χ4n) is 4.36. The van der Waals surface area contributed by atoms with Gasteiger partial charge >= 0.3 is 0 Å². The summed E-state index contributed by atoms with van der Waals surface area (Å²) in [4.78, 5) is 14.7. The lowest BCUT2D eigenvalue weighted by Gasteiger charge is -2.50. The van der Waals surface area contributed by atoms with Crippen molar-refractivity contribution in [3.8, 4) is 0 Å². The average molecular weight is 328 g/mol. The lowest BCUT2D eigenvalue weighted by molar-refractivity contribution is -0.142. The maximum absolute atomic E-state index is 12.6. The number of piperazine rings is 1. The lowest BCUT2D eigenvalue weighted by atomic mass is 9.70. The zero-order chi connectivity index (χ0) is 17.2. The van der Waals surface area contributed by atoms with E-state index >= 15 is 0 Å². The van der Waals surface area contributed by atoms with Crippen molar-refractivity contribution in [2.24, 2.45) is 11.7 Å². The summed E-state index contributed by atoms with van der Waals surface area (Å²) in [5.74, 6) is 0.751. The van der Waals surface area contributed by atoms with Crippen LogP contribution in [0.2, 0.25) is 0 Å². The van der Waals surface area contributed by atoms with E-state index in [1.54, 1.807) is 0 Å². The number of nitrogens with zero attached hydrogens (tertiary/aromatic N) is 1. The van der Waals surface area contributed by atoms with Crippen molar-refractivity contribution in [1.82, 2.24) is 10.2 Å². The maximum atomic E-state index is 12.6. The molecule has 2 aliphatic rings. The van der Waals surface area contributed by atoms with Gasteiger partial charge in [-0.15, -0.1) is 0 Å². The van der Waals surface area contributed by atoms with Crippen LogP contribution in [0.3, 0.4) is 0 Å². The first-order valence-electron chi connectivity index (χ1n) is 8.99. The van der Waals surface area contributed by atoms with Gasteiger partial charge in [0.15, 0.2) is 0 Å². The third-order valence-corrected chi connectivity index (χ3v) is 5.83. The molecule has 2 fully saturated rings. The second kappa shape index (κ2) is 6.93. The van der Waals surface area contributed by atoms with Gasteiger partial charge in [0.25, 0.3) is 0 Å². The van der Waals surface area contributed by atoms with Crippen LogP contribution in [-0.4, -0.2) is 36.3 Å². The van der Waals surface area contributed by atoms with E-state index in [0.29, 0.717) is 12.5 Å². The second-order valence-corrected chi connectivity index (χ2v) is 7.20. The minimum absolute atomic E-state index is 0.0826. The van der Waals surface area contributed by atoms with Crippen LogP contribution in [0.5, 0.6) is 0 Å². The first kappa shape index (κ1) is 17.0. The molecule has 5 nitrogen and oxygen atoms in total. The van der Waals surface area contributed by atoms with Crippen LogP contribution < -0.4 is 11.1 Å². The first-order valence-corrected chi connectivity index (χ1v) is 8.99. The molecule has 0 spiro atoms. The molecule has 1 aliphatic heterocycles. The molecule has 1 unspecified atom stereocenters. The highest BCUT2D eigenvalue weighted by atomic mass is 16.2. The molecule has 1 aromatic carbocycles. The first-order chi connectivity index (χ1) is 11.5. The molecule has 0 bridgehead atoms. The van der Waals surface area contributed by atoms with Crippen molar-refractivity contribution in [2.75, 3.05) is 19.6 Å². The minimum Gasteiger partial charge on any atom is -0.384 e. The number of rotatable bonds is 4. The van der Waals surface area contributed by atoms with Gasteiger partial charge in [-0.05, 0) is 31.2 Å². The summed E-state index contributed by atoms with van der Waals surface area (Å²) < 4.78 is 0. The van der Waals surface area contributed by atoms with E-state index in [1.165, 1.54) is 32.1 Å². The monoisotopic (exact) mass is 328 g/mol. The Balaban J connectivity index is 2.00. The summed E-state index contributed by atoms with van der Waals surface area (Å²) in [5.41, 5.74) is 7.20. The Bertz CT molecular complexity index is 606. The van der Waals surface area contributed by atoms with Gasteiger partial charge in [-0.2, -0.15) is 0 Å². The summed E-state index contributed by atoms with van der Waals surface area (Å²) in [6, 6.07) is 7.93. The van der Waals surface area contributed by atoms with Crippen molar-refractivity contribution in [2.45, 2.75) is 44.6 Å². The molecule has 1 heterocycles. The van der Waals surface area contributed by atoms with Gasteiger partial charge in [0, 0.05) is 18.7 Å². The van der Waals surface area contributed by atoms with Crippen molar-refractivity contribution in [3.05, 3.63) is 35.4 Å². The van der Waals surface area contributed by atoms with E-state index in [-0.39, 0.29) is 17.3 Å². The Morgan fingerprint density at radius 3 is 2.50 bits per heavy atom. The number of nitrogen functional groups attached to an aromatic ring is 1. The standard InChI is InChI=1S/C19H28N4O/c1-19(15-5-3-2-4-6-15,23-12-11-22-13-17(23)24)16-9-7-14(8-10-16)18(20)21/h7-10,15,22H,2-6,11-13H2,1H3,(H3,20,21). The third kappa shape index (κ3) is 3.05. The molecule has 0 radical (unpaired) electrons. The van der Waals surface area contributed by atoms with Crippen LogP contribution in [0.15, 0.2) is 24.3 Å². The van der Waals surface area contributed by atoms with Crippen LogP contribution in [0, 0.1) is 11.3 Å². The number of carbonyl (C=O) groups is 1. The number of benzene rings is 1. The van der Waals surface area contributed by atoms with Crippen LogP contribution in [-0.2, 0) is 10.3 Å². The predicted octanol–water partition coefficient (Wildman–Crippen LogP) is 2.20. The molecular formula is C19H28N4O. The van der Waals surface area contributed by atoms with E-state index < -0.39 is 0 Å². The van der Waals surface area contributed by atoms with Gasteiger partial charge in [-0.3, -0.25) is 10.2 Å². The maximum Gasteiger partial charge on any atom is 0.237 e.